The van der Waals surface area contributed by atoms with E-state index in [0.717, 1.165) is 10.9 Å². The third-order valence-corrected chi connectivity index (χ3v) is 7.82. The van der Waals surface area contributed by atoms with E-state index in [2.05, 4.69) is 9.97 Å². The van der Waals surface area contributed by atoms with Crippen molar-refractivity contribution >= 4 is 37.9 Å². The molecule has 2 aromatic heterocycles. The van der Waals surface area contributed by atoms with Gasteiger partial charge in [-0.3, -0.25) is 4.98 Å². The standard InChI is InChI=1S/C24H24N4O5S/c1-2-28-22-9-8-17(34(30,31)27-11-13-32-14-12-27)15-21(22)26-23(28)16-33-24(29)19-5-3-7-20-18(19)6-4-10-25-20/h3-10,15H,2,11-14,16H2,1H3. The van der Waals surface area contributed by atoms with Crippen LogP contribution in [-0.4, -0.2) is 59.5 Å². The molecule has 0 amide bonds. The molecule has 0 spiro atoms. The zero-order chi connectivity index (χ0) is 23.7. The van der Waals surface area contributed by atoms with Crippen molar-refractivity contribution in [2.45, 2.75) is 25.0 Å². The molecule has 176 valence electrons. The molecule has 0 atom stereocenters. The number of imidazole rings is 1. The molecule has 0 radical (unpaired) electrons. The number of ether oxygens (including phenoxy) is 2. The molecule has 2 aromatic carbocycles. The Balaban J connectivity index is 1.41. The van der Waals surface area contributed by atoms with E-state index in [1.54, 1.807) is 42.6 Å². The topological polar surface area (TPSA) is 104 Å². The summed E-state index contributed by atoms with van der Waals surface area (Å²) in [7, 11) is -3.63. The van der Waals surface area contributed by atoms with Gasteiger partial charge in [0.15, 0.2) is 0 Å². The van der Waals surface area contributed by atoms with E-state index in [-0.39, 0.29) is 11.5 Å². The fraction of sp³-hybridized carbons (Fsp3) is 0.292. The lowest BCUT2D eigenvalue weighted by molar-refractivity contribution is 0.0461. The first kappa shape index (κ1) is 22.5. The lowest BCUT2D eigenvalue weighted by atomic mass is 10.1. The van der Waals surface area contributed by atoms with Gasteiger partial charge in [0.2, 0.25) is 10.0 Å². The number of hydrogen-bond donors (Lipinski definition) is 0. The third-order valence-electron chi connectivity index (χ3n) is 5.92. The molecule has 3 heterocycles. The van der Waals surface area contributed by atoms with Gasteiger partial charge in [-0.1, -0.05) is 12.1 Å². The highest BCUT2D eigenvalue weighted by molar-refractivity contribution is 7.89. The van der Waals surface area contributed by atoms with Crippen LogP contribution in [0, 0.1) is 0 Å². The van der Waals surface area contributed by atoms with Crippen LogP contribution < -0.4 is 0 Å². The minimum atomic E-state index is -3.63. The molecule has 9 nitrogen and oxygen atoms in total. The number of pyridine rings is 1. The average molecular weight is 481 g/mol. The van der Waals surface area contributed by atoms with E-state index in [1.807, 2.05) is 23.6 Å². The second-order valence-electron chi connectivity index (χ2n) is 7.89. The summed E-state index contributed by atoms with van der Waals surface area (Å²) in [6.07, 6.45) is 1.68. The largest absolute Gasteiger partial charge is 0.454 e. The van der Waals surface area contributed by atoms with Gasteiger partial charge in [-0.25, -0.2) is 18.2 Å². The zero-order valence-corrected chi connectivity index (χ0v) is 19.5. The number of carbonyl (C=O) groups excluding carboxylic acids is 1. The van der Waals surface area contributed by atoms with Crippen LogP contribution in [0.2, 0.25) is 0 Å². The van der Waals surface area contributed by atoms with Crippen LogP contribution in [0.4, 0.5) is 0 Å². The maximum absolute atomic E-state index is 13.0. The maximum Gasteiger partial charge on any atom is 0.339 e. The monoisotopic (exact) mass is 480 g/mol. The van der Waals surface area contributed by atoms with E-state index < -0.39 is 16.0 Å². The van der Waals surface area contributed by atoms with Crippen molar-refractivity contribution in [3.8, 4) is 0 Å². The highest BCUT2D eigenvalue weighted by atomic mass is 32.2. The minimum Gasteiger partial charge on any atom is -0.454 e. The van der Waals surface area contributed by atoms with E-state index in [1.165, 1.54) is 4.31 Å². The number of aryl methyl sites for hydroxylation is 1. The van der Waals surface area contributed by atoms with Crippen LogP contribution in [0.1, 0.15) is 23.1 Å². The fourth-order valence-corrected chi connectivity index (χ4v) is 5.64. The third kappa shape index (κ3) is 4.04. The summed E-state index contributed by atoms with van der Waals surface area (Å²) in [5.74, 6) is 0.0778. The number of aromatic nitrogens is 3. The van der Waals surface area contributed by atoms with Gasteiger partial charge in [-0.05, 0) is 43.3 Å². The summed E-state index contributed by atoms with van der Waals surface area (Å²) in [5.41, 5.74) is 2.47. The van der Waals surface area contributed by atoms with Gasteiger partial charge in [0.1, 0.15) is 12.4 Å². The summed E-state index contributed by atoms with van der Waals surface area (Å²) >= 11 is 0. The number of hydrogen-bond acceptors (Lipinski definition) is 7. The van der Waals surface area contributed by atoms with Crippen LogP contribution >= 0.6 is 0 Å². The molecule has 0 aliphatic carbocycles. The Bertz CT molecular complexity index is 1470. The number of fused-ring (bicyclic) bond motifs is 2. The molecule has 10 heteroatoms. The molecule has 0 N–H and O–H groups in total. The predicted molar refractivity (Wildman–Crippen MR) is 126 cm³/mol. The lowest BCUT2D eigenvalue weighted by Gasteiger charge is -2.26. The van der Waals surface area contributed by atoms with E-state index in [0.29, 0.717) is 55.3 Å². The Hall–Kier alpha value is -3.34. The molecular weight excluding hydrogens is 456 g/mol. The number of morpholine rings is 1. The molecule has 0 saturated carbocycles. The fourth-order valence-electron chi connectivity index (χ4n) is 4.21. The van der Waals surface area contributed by atoms with Gasteiger partial charge >= 0.3 is 5.97 Å². The normalized spacial score (nSPS) is 15.1. The Labute approximate surface area is 197 Å². The second kappa shape index (κ2) is 9.13. The lowest BCUT2D eigenvalue weighted by Crippen LogP contribution is -2.40. The molecule has 0 bridgehead atoms. The molecule has 1 saturated heterocycles. The van der Waals surface area contributed by atoms with Crippen molar-refractivity contribution in [1.82, 2.24) is 18.8 Å². The van der Waals surface area contributed by atoms with Crippen molar-refractivity contribution in [3.05, 3.63) is 66.1 Å². The second-order valence-corrected chi connectivity index (χ2v) is 9.83. The van der Waals surface area contributed by atoms with E-state index in [9.17, 15) is 13.2 Å². The number of nitrogens with zero attached hydrogens (tertiary/aromatic N) is 4. The molecule has 34 heavy (non-hydrogen) atoms. The molecule has 1 fully saturated rings. The van der Waals surface area contributed by atoms with Crippen LogP contribution in [0.15, 0.2) is 59.6 Å². The molecule has 5 rings (SSSR count). The highest BCUT2D eigenvalue weighted by Crippen LogP contribution is 2.24. The first-order chi connectivity index (χ1) is 16.5. The molecule has 4 aromatic rings. The Morgan fingerprint density at radius 3 is 2.71 bits per heavy atom. The van der Waals surface area contributed by atoms with Crippen LogP contribution in [-0.2, 0) is 32.6 Å². The SMILES string of the molecule is CCn1c(COC(=O)c2cccc3ncccc23)nc2cc(S(=O)(=O)N3CCOCC3)ccc21. The Kier molecular flexibility index (Phi) is 6.03. The minimum absolute atomic E-state index is 0.0381. The van der Waals surface area contributed by atoms with Gasteiger partial charge in [0, 0.05) is 31.2 Å². The van der Waals surface area contributed by atoms with Crippen molar-refractivity contribution in [2.24, 2.45) is 0 Å². The van der Waals surface area contributed by atoms with Gasteiger partial charge in [-0.15, -0.1) is 0 Å². The van der Waals surface area contributed by atoms with E-state index >= 15 is 0 Å². The summed E-state index contributed by atoms with van der Waals surface area (Å²) in [5, 5.41) is 0.719. The molecule has 1 aliphatic heterocycles. The van der Waals surface area contributed by atoms with Gasteiger partial charge in [0.25, 0.3) is 0 Å². The smallest absolute Gasteiger partial charge is 0.339 e. The summed E-state index contributed by atoms with van der Waals surface area (Å²) in [6.45, 7) is 3.94. The van der Waals surface area contributed by atoms with Crippen LogP contribution in [0.3, 0.4) is 0 Å². The van der Waals surface area contributed by atoms with Crippen molar-refractivity contribution in [3.63, 3.8) is 0 Å². The highest BCUT2D eigenvalue weighted by Gasteiger charge is 2.27. The van der Waals surface area contributed by atoms with Gasteiger partial charge < -0.3 is 14.0 Å². The average Bonchev–Trinajstić information content (AvgIpc) is 3.24. The first-order valence-electron chi connectivity index (χ1n) is 11.1. The Morgan fingerprint density at radius 2 is 1.91 bits per heavy atom. The first-order valence-corrected chi connectivity index (χ1v) is 12.5. The molecular formula is C24H24N4O5S. The van der Waals surface area contributed by atoms with Crippen molar-refractivity contribution in [2.75, 3.05) is 26.3 Å². The zero-order valence-electron chi connectivity index (χ0n) is 18.7. The van der Waals surface area contributed by atoms with Crippen molar-refractivity contribution < 1.29 is 22.7 Å². The summed E-state index contributed by atoms with van der Waals surface area (Å²) < 4.78 is 40.3. The van der Waals surface area contributed by atoms with Crippen molar-refractivity contribution in [1.29, 1.82) is 0 Å². The number of rotatable bonds is 6. The summed E-state index contributed by atoms with van der Waals surface area (Å²) in [4.78, 5) is 21.9. The quantitative estimate of drug-likeness (QED) is 0.391. The predicted octanol–water partition coefficient (Wildman–Crippen LogP) is 2.98. The maximum atomic E-state index is 13.0. The van der Waals surface area contributed by atoms with Crippen LogP contribution in [0.25, 0.3) is 21.9 Å². The number of esters is 1. The molecule has 0 unspecified atom stereocenters. The summed E-state index contributed by atoms with van der Waals surface area (Å²) in [6, 6.07) is 13.8. The number of carbonyl (C=O) groups is 1. The van der Waals surface area contributed by atoms with Crippen LogP contribution in [0.5, 0.6) is 0 Å². The van der Waals surface area contributed by atoms with Gasteiger partial charge in [-0.2, -0.15) is 4.31 Å². The number of sulfonamides is 1. The van der Waals surface area contributed by atoms with E-state index in [4.69, 9.17) is 9.47 Å². The molecule has 1 aliphatic rings. The Morgan fingerprint density at radius 1 is 1.09 bits per heavy atom. The number of benzene rings is 2. The van der Waals surface area contributed by atoms with Gasteiger partial charge in [0.05, 0.1) is 40.2 Å².